The minimum atomic E-state index is -0.288. The molecule has 5 heteroatoms. The van der Waals surface area contributed by atoms with E-state index in [1.54, 1.807) is 12.1 Å². The van der Waals surface area contributed by atoms with Crippen LogP contribution in [0.4, 0.5) is 4.39 Å². The van der Waals surface area contributed by atoms with Gasteiger partial charge in [-0.25, -0.2) is 4.39 Å². The number of benzene rings is 1. The van der Waals surface area contributed by atoms with Gasteiger partial charge in [0.15, 0.2) is 0 Å². The van der Waals surface area contributed by atoms with Gasteiger partial charge in [0.2, 0.25) is 5.91 Å². The second kappa shape index (κ2) is 5.21. The molecule has 1 aromatic carbocycles. The number of hydrogen-bond acceptors (Lipinski definition) is 2. The normalized spacial score (nSPS) is 28.6. The number of halogens is 2. The Kier molecular flexibility index (Phi) is 3.58. The summed E-state index contributed by atoms with van der Waals surface area (Å²) in [5.74, 6) is 0.849. The van der Waals surface area contributed by atoms with E-state index in [4.69, 9.17) is 0 Å². The molecule has 3 unspecified atom stereocenters. The lowest BCUT2D eigenvalue weighted by Crippen LogP contribution is -2.45. The molecule has 102 valence electrons. The molecule has 1 amide bonds. The maximum absolute atomic E-state index is 13.6. The summed E-state index contributed by atoms with van der Waals surface area (Å²) in [6.45, 7) is 1.17. The van der Waals surface area contributed by atoms with Gasteiger partial charge < -0.3 is 10.6 Å². The molecule has 0 radical (unpaired) electrons. The molecule has 1 aliphatic carbocycles. The van der Waals surface area contributed by atoms with Crippen LogP contribution in [0.15, 0.2) is 22.7 Å². The topological polar surface area (TPSA) is 41.1 Å². The molecule has 2 aliphatic rings. The predicted molar refractivity (Wildman–Crippen MR) is 74.0 cm³/mol. The largest absolute Gasteiger partial charge is 0.351 e. The van der Waals surface area contributed by atoms with Gasteiger partial charge in [-0.15, -0.1) is 0 Å². The molecule has 2 fully saturated rings. The van der Waals surface area contributed by atoms with Crippen LogP contribution in [0.2, 0.25) is 0 Å². The molecule has 0 aromatic heterocycles. The Morgan fingerprint density at radius 2 is 2.32 bits per heavy atom. The first-order valence-corrected chi connectivity index (χ1v) is 7.39. The molecule has 3 atom stereocenters. The van der Waals surface area contributed by atoms with Gasteiger partial charge in [0.1, 0.15) is 5.82 Å². The zero-order valence-corrected chi connectivity index (χ0v) is 12.0. The molecule has 19 heavy (non-hydrogen) atoms. The van der Waals surface area contributed by atoms with E-state index in [2.05, 4.69) is 26.6 Å². The SMILES string of the molecule is O=C(NCc1cc(Br)ccc1F)C1NCC2CCC21. The van der Waals surface area contributed by atoms with Crippen molar-refractivity contribution in [3.63, 3.8) is 0 Å². The summed E-state index contributed by atoms with van der Waals surface area (Å²) in [6.07, 6.45) is 2.35. The summed E-state index contributed by atoms with van der Waals surface area (Å²) in [5.41, 5.74) is 0.505. The average Bonchev–Trinajstić information content (AvgIpc) is 2.65. The highest BCUT2D eigenvalue weighted by atomic mass is 79.9. The van der Waals surface area contributed by atoms with Crippen LogP contribution in [0.25, 0.3) is 0 Å². The van der Waals surface area contributed by atoms with Gasteiger partial charge in [-0.2, -0.15) is 0 Å². The van der Waals surface area contributed by atoms with Gasteiger partial charge in [-0.05, 0) is 49.4 Å². The van der Waals surface area contributed by atoms with Gasteiger partial charge in [0, 0.05) is 16.6 Å². The van der Waals surface area contributed by atoms with Crippen LogP contribution in [0, 0.1) is 17.7 Å². The Morgan fingerprint density at radius 1 is 1.47 bits per heavy atom. The molecule has 0 bridgehead atoms. The van der Waals surface area contributed by atoms with E-state index in [-0.39, 0.29) is 24.3 Å². The summed E-state index contributed by atoms with van der Waals surface area (Å²) in [6, 6.07) is 4.66. The van der Waals surface area contributed by atoms with E-state index in [9.17, 15) is 9.18 Å². The van der Waals surface area contributed by atoms with Crippen LogP contribution in [-0.4, -0.2) is 18.5 Å². The fraction of sp³-hybridized carbons (Fsp3) is 0.500. The van der Waals surface area contributed by atoms with Gasteiger partial charge >= 0.3 is 0 Å². The number of rotatable bonds is 3. The molecule has 2 N–H and O–H groups in total. The maximum Gasteiger partial charge on any atom is 0.237 e. The third-order valence-corrected chi connectivity index (χ3v) is 4.74. The second-order valence-electron chi connectivity index (χ2n) is 5.34. The lowest BCUT2D eigenvalue weighted by molar-refractivity contribution is -0.124. The van der Waals surface area contributed by atoms with Crippen molar-refractivity contribution < 1.29 is 9.18 Å². The molecule has 3 rings (SSSR count). The number of carbonyl (C=O) groups is 1. The molecule has 0 spiro atoms. The number of nitrogens with one attached hydrogen (secondary N) is 2. The number of amides is 1. The Labute approximate surface area is 120 Å². The Hall–Kier alpha value is -0.940. The van der Waals surface area contributed by atoms with Crippen molar-refractivity contribution in [2.24, 2.45) is 11.8 Å². The molecular weight excluding hydrogens is 311 g/mol. The lowest BCUT2D eigenvalue weighted by atomic mass is 9.73. The van der Waals surface area contributed by atoms with Crippen molar-refractivity contribution in [1.82, 2.24) is 10.6 Å². The van der Waals surface area contributed by atoms with Gasteiger partial charge in [0.05, 0.1) is 6.04 Å². The smallest absolute Gasteiger partial charge is 0.237 e. The van der Waals surface area contributed by atoms with E-state index in [1.807, 2.05) is 0 Å². The van der Waals surface area contributed by atoms with Crippen molar-refractivity contribution in [2.45, 2.75) is 25.4 Å². The number of fused-ring (bicyclic) bond motifs is 1. The van der Waals surface area contributed by atoms with Gasteiger partial charge in [0.25, 0.3) is 0 Å². The van der Waals surface area contributed by atoms with Gasteiger partial charge in [-0.3, -0.25) is 4.79 Å². The monoisotopic (exact) mass is 326 g/mol. The highest BCUT2D eigenvalue weighted by molar-refractivity contribution is 9.10. The Balaban J connectivity index is 1.60. The first kappa shape index (κ1) is 13.1. The van der Waals surface area contributed by atoms with Crippen LogP contribution in [0.5, 0.6) is 0 Å². The van der Waals surface area contributed by atoms with Crippen LogP contribution in [0.1, 0.15) is 18.4 Å². The minimum absolute atomic E-state index is 0.00780. The van der Waals surface area contributed by atoms with Crippen molar-refractivity contribution in [1.29, 1.82) is 0 Å². The fourth-order valence-corrected chi connectivity index (χ4v) is 3.38. The molecule has 3 nitrogen and oxygen atoms in total. The molecule has 1 aliphatic heterocycles. The highest BCUT2D eigenvalue weighted by Crippen LogP contribution is 2.40. The Morgan fingerprint density at radius 3 is 3.00 bits per heavy atom. The molecule has 1 saturated carbocycles. The molecule has 1 saturated heterocycles. The van der Waals surface area contributed by atoms with E-state index < -0.39 is 0 Å². The lowest BCUT2D eigenvalue weighted by Gasteiger charge is -2.32. The van der Waals surface area contributed by atoms with Crippen molar-refractivity contribution in [3.8, 4) is 0 Å². The minimum Gasteiger partial charge on any atom is -0.351 e. The highest BCUT2D eigenvalue weighted by Gasteiger charge is 2.45. The zero-order chi connectivity index (χ0) is 13.4. The van der Waals surface area contributed by atoms with E-state index >= 15 is 0 Å². The van der Waals surface area contributed by atoms with Crippen LogP contribution in [-0.2, 0) is 11.3 Å². The number of hydrogen-bond donors (Lipinski definition) is 2. The predicted octanol–water partition coefficient (Wildman–Crippen LogP) is 2.20. The Bertz CT molecular complexity index is 508. The van der Waals surface area contributed by atoms with Crippen molar-refractivity contribution >= 4 is 21.8 Å². The molecular formula is C14H16BrFN2O. The number of carbonyl (C=O) groups excluding carboxylic acids is 1. The summed E-state index contributed by atoms with van der Waals surface area (Å²) in [5, 5.41) is 6.10. The maximum atomic E-state index is 13.6. The first-order valence-electron chi connectivity index (χ1n) is 6.60. The quantitative estimate of drug-likeness (QED) is 0.894. The summed E-state index contributed by atoms with van der Waals surface area (Å²) < 4.78 is 14.4. The van der Waals surface area contributed by atoms with Crippen LogP contribution in [0.3, 0.4) is 0 Å². The third-order valence-electron chi connectivity index (χ3n) is 4.25. The van der Waals surface area contributed by atoms with Crippen molar-refractivity contribution in [2.75, 3.05) is 6.54 Å². The van der Waals surface area contributed by atoms with Crippen molar-refractivity contribution in [3.05, 3.63) is 34.1 Å². The average molecular weight is 327 g/mol. The molecule has 1 aromatic rings. The zero-order valence-electron chi connectivity index (χ0n) is 10.5. The van der Waals surface area contributed by atoms with E-state index in [0.29, 0.717) is 17.4 Å². The van der Waals surface area contributed by atoms with Gasteiger partial charge in [-0.1, -0.05) is 15.9 Å². The third kappa shape index (κ3) is 2.54. The standard InChI is InChI=1S/C14H16BrFN2O/c15-10-2-4-12(16)9(5-10)7-18-14(19)13-11-3-1-8(11)6-17-13/h2,4-5,8,11,13,17H,1,3,6-7H2,(H,18,19). The van der Waals surface area contributed by atoms with E-state index in [1.165, 1.54) is 12.5 Å². The summed E-state index contributed by atoms with van der Waals surface area (Å²) >= 11 is 3.30. The molecule has 1 heterocycles. The second-order valence-corrected chi connectivity index (χ2v) is 6.26. The van der Waals surface area contributed by atoms with Crippen LogP contribution >= 0.6 is 15.9 Å². The fourth-order valence-electron chi connectivity index (χ4n) is 2.98. The van der Waals surface area contributed by atoms with Crippen LogP contribution < -0.4 is 10.6 Å². The summed E-state index contributed by atoms with van der Waals surface area (Å²) in [7, 11) is 0. The van der Waals surface area contributed by atoms with E-state index in [0.717, 1.165) is 17.4 Å². The first-order chi connectivity index (χ1) is 9.15. The summed E-state index contributed by atoms with van der Waals surface area (Å²) in [4.78, 5) is 12.1.